The van der Waals surface area contributed by atoms with Gasteiger partial charge in [0.2, 0.25) is 5.43 Å². The van der Waals surface area contributed by atoms with Crippen molar-refractivity contribution < 1.29 is 9.18 Å². The lowest BCUT2D eigenvalue weighted by Gasteiger charge is -2.15. The van der Waals surface area contributed by atoms with Gasteiger partial charge in [-0.15, -0.1) is 0 Å². The van der Waals surface area contributed by atoms with E-state index in [2.05, 4.69) is 21.2 Å². The predicted octanol–water partition coefficient (Wildman–Crippen LogP) is 3.93. The summed E-state index contributed by atoms with van der Waals surface area (Å²) in [5.74, 6) is -0.993. The van der Waals surface area contributed by atoms with E-state index in [9.17, 15) is 14.0 Å². The van der Waals surface area contributed by atoms with Gasteiger partial charge in [-0.05, 0) is 42.8 Å². The Morgan fingerprint density at radius 2 is 1.88 bits per heavy atom. The molecule has 3 aromatic rings. The van der Waals surface area contributed by atoms with Crippen LogP contribution < -0.4 is 10.7 Å². The van der Waals surface area contributed by atoms with Crippen LogP contribution in [0.15, 0.2) is 57.9 Å². The first-order valence-corrected chi connectivity index (χ1v) is 8.51. The van der Waals surface area contributed by atoms with Crippen LogP contribution in [0, 0.1) is 5.82 Å². The van der Waals surface area contributed by atoms with E-state index in [0.29, 0.717) is 5.52 Å². The molecular formula is C19H16BrFN2O2. The largest absolute Gasteiger partial charge is 0.350 e. The predicted molar refractivity (Wildman–Crippen MR) is 99.2 cm³/mol. The number of carbonyl (C=O) groups excluding carboxylic acids is 1. The highest BCUT2D eigenvalue weighted by atomic mass is 79.9. The van der Waals surface area contributed by atoms with Crippen LogP contribution in [-0.2, 0) is 7.05 Å². The lowest BCUT2D eigenvalue weighted by Crippen LogP contribution is -2.31. The van der Waals surface area contributed by atoms with E-state index in [-0.39, 0.29) is 17.0 Å². The number of fused-ring (bicyclic) bond motifs is 1. The number of carbonyl (C=O) groups is 1. The number of pyridine rings is 1. The molecule has 0 aliphatic heterocycles. The van der Waals surface area contributed by atoms with Gasteiger partial charge in [-0.25, -0.2) is 4.39 Å². The zero-order chi connectivity index (χ0) is 18.1. The summed E-state index contributed by atoms with van der Waals surface area (Å²) in [6, 6.07) is 11.3. The summed E-state index contributed by atoms with van der Waals surface area (Å²) in [5, 5.41) is 3.00. The van der Waals surface area contributed by atoms with E-state index in [1.54, 1.807) is 11.6 Å². The molecule has 1 heterocycles. The molecule has 0 spiro atoms. The first-order chi connectivity index (χ1) is 11.9. The quantitative estimate of drug-likeness (QED) is 0.721. The Morgan fingerprint density at radius 3 is 2.56 bits per heavy atom. The Hall–Kier alpha value is -2.47. The molecule has 0 unspecified atom stereocenters. The van der Waals surface area contributed by atoms with Crippen molar-refractivity contribution in [1.29, 1.82) is 0 Å². The smallest absolute Gasteiger partial charge is 0.257 e. The Balaban J connectivity index is 1.95. The fraction of sp³-hybridized carbons (Fsp3) is 0.158. The van der Waals surface area contributed by atoms with Crippen molar-refractivity contribution in [3.05, 3.63) is 80.3 Å². The molecule has 0 aliphatic carbocycles. The molecule has 0 radical (unpaired) electrons. The normalized spacial score (nSPS) is 12.2. The third-order valence-electron chi connectivity index (χ3n) is 4.11. The minimum Gasteiger partial charge on any atom is -0.350 e. The SMILES string of the molecule is C[C@@H](NC(=O)c1cn(C)c2ccc(F)cc2c1=O)c1ccc(Br)cc1. The molecule has 6 heteroatoms. The number of amides is 1. The lowest BCUT2D eigenvalue weighted by atomic mass is 10.1. The third-order valence-corrected chi connectivity index (χ3v) is 4.64. The molecule has 0 saturated carbocycles. The molecule has 0 aliphatic rings. The first-order valence-electron chi connectivity index (χ1n) is 7.72. The second-order valence-electron chi connectivity index (χ2n) is 5.89. The minimum atomic E-state index is -0.509. The van der Waals surface area contributed by atoms with Gasteiger partial charge in [0.1, 0.15) is 11.4 Å². The molecule has 0 bridgehead atoms. The van der Waals surface area contributed by atoms with Crippen LogP contribution in [0.25, 0.3) is 10.9 Å². The molecule has 4 nitrogen and oxygen atoms in total. The molecule has 1 atom stereocenters. The average molecular weight is 403 g/mol. The number of hydrogen-bond acceptors (Lipinski definition) is 2. The fourth-order valence-corrected chi connectivity index (χ4v) is 3.00. The maximum Gasteiger partial charge on any atom is 0.257 e. The van der Waals surface area contributed by atoms with E-state index in [1.807, 2.05) is 31.2 Å². The van der Waals surface area contributed by atoms with Gasteiger partial charge in [0.25, 0.3) is 5.91 Å². The molecular weight excluding hydrogens is 387 g/mol. The van der Waals surface area contributed by atoms with Crippen molar-refractivity contribution >= 4 is 32.7 Å². The van der Waals surface area contributed by atoms with Crippen molar-refractivity contribution in [3.8, 4) is 0 Å². The zero-order valence-corrected chi connectivity index (χ0v) is 15.3. The van der Waals surface area contributed by atoms with Crippen LogP contribution in [-0.4, -0.2) is 10.5 Å². The van der Waals surface area contributed by atoms with E-state index in [1.165, 1.54) is 18.3 Å². The molecule has 2 aromatic carbocycles. The van der Waals surface area contributed by atoms with Crippen LogP contribution in [0.1, 0.15) is 28.9 Å². The van der Waals surface area contributed by atoms with Gasteiger partial charge in [0.15, 0.2) is 0 Å². The summed E-state index contributed by atoms with van der Waals surface area (Å²) in [6.07, 6.45) is 1.48. The number of aryl methyl sites for hydroxylation is 1. The summed E-state index contributed by atoms with van der Waals surface area (Å²) >= 11 is 3.37. The van der Waals surface area contributed by atoms with Gasteiger partial charge in [0, 0.05) is 23.1 Å². The van der Waals surface area contributed by atoms with Crippen LogP contribution in [0.2, 0.25) is 0 Å². The van der Waals surface area contributed by atoms with Gasteiger partial charge >= 0.3 is 0 Å². The van der Waals surface area contributed by atoms with Crippen molar-refractivity contribution in [2.45, 2.75) is 13.0 Å². The molecule has 1 amide bonds. The number of nitrogens with zero attached hydrogens (tertiary/aromatic N) is 1. The second kappa shape index (κ2) is 6.80. The van der Waals surface area contributed by atoms with Crippen LogP contribution in [0.4, 0.5) is 4.39 Å². The maximum atomic E-state index is 13.5. The van der Waals surface area contributed by atoms with E-state index in [4.69, 9.17) is 0 Å². The van der Waals surface area contributed by atoms with Gasteiger partial charge in [-0.3, -0.25) is 9.59 Å². The summed E-state index contributed by atoms with van der Waals surface area (Å²) in [4.78, 5) is 25.2. The van der Waals surface area contributed by atoms with Gasteiger partial charge in [-0.2, -0.15) is 0 Å². The number of benzene rings is 2. The fourth-order valence-electron chi connectivity index (χ4n) is 2.74. The molecule has 1 N–H and O–H groups in total. The maximum absolute atomic E-state index is 13.5. The highest BCUT2D eigenvalue weighted by Gasteiger charge is 2.17. The van der Waals surface area contributed by atoms with Crippen LogP contribution >= 0.6 is 15.9 Å². The minimum absolute atomic E-state index is 0.00967. The van der Waals surface area contributed by atoms with Crippen molar-refractivity contribution in [3.63, 3.8) is 0 Å². The van der Waals surface area contributed by atoms with E-state index in [0.717, 1.165) is 16.1 Å². The number of nitrogens with one attached hydrogen (secondary N) is 1. The number of halogens is 2. The summed E-state index contributed by atoms with van der Waals surface area (Å²) in [7, 11) is 1.72. The summed E-state index contributed by atoms with van der Waals surface area (Å²) < 4.78 is 16.1. The molecule has 0 fully saturated rings. The molecule has 0 saturated heterocycles. The average Bonchev–Trinajstić information content (AvgIpc) is 2.58. The first kappa shape index (κ1) is 17.4. The Kier molecular flexibility index (Phi) is 4.72. The van der Waals surface area contributed by atoms with E-state index >= 15 is 0 Å². The Morgan fingerprint density at radius 1 is 1.20 bits per heavy atom. The van der Waals surface area contributed by atoms with Crippen molar-refractivity contribution in [2.24, 2.45) is 7.05 Å². The summed E-state index contributed by atoms with van der Waals surface area (Å²) in [5.41, 5.74) is 1.00. The van der Waals surface area contributed by atoms with Gasteiger partial charge in [-0.1, -0.05) is 28.1 Å². The zero-order valence-electron chi connectivity index (χ0n) is 13.7. The topological polar surface area (TPSA) is 51.1 Å². The monoisotopic (exact) mass is 402 g/mol. The third kappa shape index (κ3) is 3.49. The standard InChI is InChI=1S/C19H16BrFN2O2/c1-11(12-3-5-13(20)6-4-12)22-19(25)16-10-23(2)17-8-7-14(21)9-15(17)18(16)24/h3-11H,1-2H3,(H,22,25)/t11-/m1/s1. The molecule has 1 aromatic heterocycles. The van der Waals surface area contributed by atoms with Gasteiger partial charge in [0.05, 0.1) is 11.6 Å². The molecule has 25 heavy (non-hydrogen) atoms. The molecule has 3 rings (SSSR count). The lowest BCUT2D eigenvalue weighted by molar-refractivity contribution is 0.0938. The van der Waals surface area contributed by atoms with E-state index < -0.39 is 17.2 Å². The number of rotatable bonds is 3. The highest BCUT2D eigenvalue weighted by molar-refractivity contribution is 9.10. The highest BCUT2D eigenvalue weighted by Crippen LogP contribution is 2.17. The second-order valence-corrected chi connectivity index (χ2v) is 6.81. The Bertz CT molecular complexity index is 1010. The number of hydrogen-bond donors (Lipinski definition) is 1. The number of aromatic nitrogens is 1. The summed E-state index contributed by atoms with van der Waals surface area (Å²) in [6.45, 7) is 1.84. The molecule has 128 valence electrons. The van der Waals surface area contributed by atoms with Crippen molar-refractivity contribution in [2.75, 3.05) is 0 Å². The van der Waals surface area contributed by atoms with Crippen molar-refractivity contribution in [1.82, 2.24) is 9.88 Å². The Labute approximate surface area is 152 Å². The van der Waals surface area contributed by atoms with Gasteiger partial charge < -0.3 is 9.88 Å². The van der Waals surface area contributed by atoms with Crippen LogP contribution in [0.3, 0.4) is 0 Å². The van der Waals surface area contributed by atoms with Crippen LogP contribution in [0.5, 0.6) is 0 Å².